The normalized spacial score (nSPS) is 14.7. The highest BCUT2D eigenvalue weighted by Gasteiger charge is 2.25. The highest BCUT2D eigenvalue weighted by atomic mass is 79.9. The largest absolute Gasteiger partial charge is 0.337 e. The van der Waals surface area contributed by atoms with Crippen LogP contribution < -0.4 is 0 Å². The summed E-state index contributed by atoms with van der Waals surface area (Å²) in [7, 11) is 0. The van der Waals surface area contributed by atoms with Crippen molar-refractivity contribution in [2.75, 3.05) is 26.2 Å². The Labute approximate surface area is 176 Å². The van der Waals surface area contributed by atoms with Crippen molar-refractivity contribution in [2.24, 2.45) is 0 Å². The number of aromatic nitrogens is 1. The van der Waals surface area contributed by atoms with Gasteiger partial charge in [-0.2, -0.15) is 0 Å². The molecule has 1 saturated heterocycles. The molecule has 0 bridgehead atoms. The van der Waals surface area contributed by atoms with Gasteiger partial charge >= 0.3 is 0 Å². The Morgan fingerprint density at radius 1 is 0.862 bits per heavy atom. The lowest BCUT2D eigenvalue weighted by Gasteiger charge is -2.22. The van der Waals surface area contributed by atoms with E-state index < -0.39 is 0 Å². The molecule has 0 radical (unpaired) electrons. The first-order valence-corrected chi connectivity index (χ1v) is 10.2. The Kier molecular flexibility index (Phi) is 5.58. The van der Waals surface area contributed by atoms with E-state index in [-0.39, 0.29) is 17.6 Å². The predicted molar refractivity (Wildman–Crippen MR) is 112 cm³/mol. The Hall–Kier alpha value is -2.80. The van der Waals surface area contributed by atoms with Crippen molar-refractivity contribution in [3.8, 4) is 0 Å². The molecule has 3 aromatic rings. The molecule has 148 valence electrons. The van der Waals surface area contributed by atoms with E-state index in [4.69, 9.17) is 0 Å². The van der Waals surface area contributed by atoms with E-state index in [9.17, 15) is 14.0 Å². The van der Waals surface area contributed by atoms with Crippen molar-refractivity contribution in [3.63, 3.8) is 0 Å². The highest BCUT2D eigenvalue weighted by Crippen LogP contribution is 2.26. The van der Waals surface area contributed by atoms with E-state index >= 15 is 0 Å². The number of benzene rings is 2. The molecule has 1 aliphatic rings. The number of halogens is 2. The summed E-state index contributed by atoms with van der Waals surface area (Å²) in [4.78, 5) is 33.7. The van der Waals surface area contributed by atoms with Crippen molar-refractivity contribution < 1.29 is 14.0 Å². The van der Waals surface area contributed by atoms with Gasteiger partial charge in [0.1, 0.15) is 11.5 Å². The fourth-order valence-electron chi connectivity index (χ4n) is 3.59. The van der Waals surface area contributed by atoms with Crippen LogP contribution in [0.5, 0.6) is 0 Å². The first-order valence-electron chi connectivity index (χ1n) is 9.42. The van der Waals surface area contributed by atoms with E-state index in [0.29, 0.717) is 43.9 Å². The Bertz CT molecular complexity index is 1070. The van der Waals surface area contributed by atoms with E-state index in [0.717, 1.165) is 15.2 Å². The van der Waals surface area contributed by atoms with Gasteiger partial charge in [-0.3, -0.25) is 14.6 Å². The molecule has 7 heteroatoms. The fraction of sp³-hybridized carbons (Fsp3) is 0.227. The molecule has 2 heterocycles. The van der Waals surface area contributed by atoms with Gasteiger partial charge in [0.05, 0.1) is 0 Å². The summed E-state index contributed by atoms with van der Waals surface area (Å²) in [5, 5.41) is 1.74. The number of carbonyl (C=O) groups is 2. The van der Waals surface area contributed by atoms with Crippen molar-refractivity contribution in [3.05, 3.63) is 76.3 Å². The molecule has 5 nitrogen and oxygen atoms in total. The van der Waals surface area contributed by atoms with Gasteiger partial charge in [-0.25, -0.2) is 4.39 Å². The van der Waals surface area contributed by atoms with Crippen molar-refractivity contribution in [1.29, 1.82) is 0 Å². The molecule has 4 rings (SSSR count). The smallest absolute Gasteiger partial charge is 0.273 e. The molecule has 0 atom stereocenters. The minimum atomic E-state index is -0.372. The summed E-state index contributed by atoms with van der Waals surface area (Å²) in [6, 6.07) is 13.1. The zero-order valence-electron chi connectivity index (χ0n) is 15.6. The maximum absolute atomic E-state index is 13.2. The summed E-state index contributed by atoms with van der Waals surface area (Å²) in [5.41, 5.74) is 0.869. The van der Waals surface area contributed by atoms with Crippen LogP contribution in [-0.2, 0) is 0 Å². The summed E-state index contributed by atoms with van der Waals surface area (Å²) >= 11 is 3.52. The Balaban J connectivity index is 1.52. The number of amides is 2. The van der Waals surface area contributed by atoms with Gasteiger partial charge in [-0.15, -0.1) is 0 Å². The molecule has 0 unspecified atom stereocenters. The SMILES string of the molecule is O=C(c1ccc(F)cc1)N1CCCN(C(=O)c2nccc3c(Br)cccc23)CC1. The van der Waals surface area contributed by atoms with Gasteiger partial charge in [0.25, 0.3) is 11.8 Å². The Morgan fingerprint density at radius 3 is 2.28 bits per heavy atom. The summed E-state index contributed by atoms with van der Waals surface area (Å²) in [5.74, 6) is -0.653. The minimum absolute atomic E-state index is 0.134. The van der Waals surface area contributed by atoms with Crippen molar-refractivity contribution in [1.82, 2.24) is 14.8 Å². The molecule has 29 heavy (non-hydrogen) atoms. The van der Waals surface area contributed by atoms with Gasteiger partial charge in [-0.05, 0) is 48.2 Å². The van der Waals surface area contributed by atoms with E-state index in [1.165, 1.54) is 24.3 Å². The lowest BCUT2D eigenvalue weighted by atomic mass is 10.1. The second-order valence-electron chi connectivity index (χ2n) is 6.94. The summed E-state index contributed by atoms with van der Waals surface area (Å²) in [6.07, 6.45) is 2.32. The molecule has 0 saturated carbocycles. The number of hydrogen-bond acceptors (Lipinski definition) is 3. The lowest BCUT2D eigenvalue weighted by Crippen LogP contribution is -2.37. The topological polar surface area (TPSA) is 53.5 Å². The van der Waals surface area contributed by atoms with E-state index in [1.807, 2.05) is 24.3 Å². The zero-order chi connectivity index (χ0) is 20.4. The first-order chi connectivity index (χ1) is 14.0. The number of pyridine rings is 1. The number of carbonyl (C=O) groups excluding carboxylic acids is 2. The van der Waals surface area contributed by atoms with Crippen LogP contribution in [0.4, 0.5) is 4.39 Å². The lowest BCUT2D eigenvalue weighted by molar-refractivity contribution is 0.0717. The van der Waals surface area contributed by atoms with Crippen LogP contribution in [0.15, 0.2) is 59.2 Å². The molecule has 0 N–H and O–H groups in total. The van der Waals surface area contributed by atoms with Gasteiger partial charge in [0.2, 0.25) is 0 Å². The number of rotatable bonds is 2. The molecule has 1 fully saturated rings. The average molecular weight is 456 g/mol. The third-order valence-corrected chi connectivity index (χ3v) is 5.81. The van der Waals surface area contributed by atoms with E-state index in [2.05, 4.69) is 20.9 Å². The van der Waals surface area contributed by atoms with Crippen molar-refractivity contribution in [2.45, 2.75) is 6.42 Å². The second-order valence-corrected chi connectivity index (χ2v) is 7.79. The molecule has 0 aliphatic carbocycles. The first kappa shape index (κ1) is 19.5. The Morgan fingerprint density at radius 2 is 1.55 bits per heavy atom. The van der Waals surface area contributed by atoms with Gasteiger partial charge in [0.15, 0.2) is 0 Å². The van der Waals surface area contributed by atoms with Gasteiger partial charge in [0, 0.05) is 47.8 Å². The number of fused-ring (bicyclic) bond motifs is 1. The number of nitrogens with zero attached hydrogens (tertiary/aromatic N) is 3. The van der Waals surface area contributed by atoms with E-state index in [1.54, 1.807) is 16.0 Å². The van der Waals surface area contributed by atoms with Gasteiger partial charge in [-0.1, -0.05) is 28.1 Å². The average Bonchev–Trinajstić information content (AvgIpc) is 2.99. The maximum Gasteiger partial charge on any atom is 0.273 e. The monoisotopic (exact) mass is 455 g/mol. The van der Waals surface area contributed by atoms with Crippen LogP contribution in [0.25, 0.3) is 10.8 Å². The maximum atomic E-state index is 13.2. The van der Waals surface area contributed by atoms with Crippen LogP contribution in [0.1, 0.15) is 27.3 Å². The van der Waals surface area contributed by atoms with Crippen LogP contribution in [-0.4, -0.2) is 52.8 Å². The molecular formula is C22H19BrFN3O2. The molecule has 0 spiro atoms. The molecule has 1 aromatic heterocycles. The fourth-order valence-corrected chi connectivity index (χ4v) is 4.09. The molecule has 2 amide bonds. The second kappa shape index (κ2) is 8.29. The third kappa shape index (κ3) is 4.00. The quantitative estimate of drug-likeness (QED) is 0.583. The van der Waals surface area contributed by atoms with Crippen LogP contribution in [0.3, 0.4) is 0 Å². The highest BCUT2D eigenvalue weighted by molar-refractivity contribution is 9.10. The summed E-state index contributed by atoms with van der Waals surface area (Å²) < 4.78 is 14.0. The summed E-state index contributed by atoms with van der Waals surface area (Å²) in [6.45, 7) is 1.96. The zero-order valence-corrected chi connectivity index (χ0v) is 17.2. The van der Waals surface area contributed by atoms with Crippen LogP contribution >= 0.6 is 15.9 Å². The third-order valence-electron chi connectivity index (χ3n) is 5.12. The number of hydrogen-bond donors (Lipinski definition) is 0. The van der Waals surface area contributed by atoms with Crippen LogP contribution in [0.2, 0.25) is 0 Å². The van der Waals surface area contributed by atoms with Crippen molar-refractivity contribution >= 4 is 38.5 Å². The standard InChI is InChI=1S/C22H19BrFN3O2/c23-19-4-1-3-18-17(19)9-10-25-20(18)22(29)27-12-2-11-26(13-14-27)21(28)15-5-7-16(24)8-6-15/h1,3-10H,2,11-14H2. The molecular weight excluding hydrogens is 437 g/mol. The molecule has 1 aliphatic heterocycles. The minimum Gasteiger partial charge on any atom is -0.337 e. The van der Waals surface area contributed by atoms with Crippen LogP contribution in [0, 0.1) is 5.82 Å². The van der Waals surface area contributed by atoms with Gasteiger partial charge < -0.3 is 9.80 Å². The molecule has 2 aromatic carbocycles. The predicted octanol–water partition coefficient (Wildman–Crippen LogP) is 4.12.